The number of carbonyl (C=O) groups is 1. The largest absolute Gasteiger partial charge is 0.351 e. The summed E-state index contributed by atoms with van der Waals surface area (Å²) in [5, 5.41) is 3.92. The molecule has 5 aromatic carbocycles. The van der Waals surface area contributed by atoms with Gasteiger partial charge in [-0.05, 0) is 70.5 Å². The Bertz CT molecular complexity index is 1420. The van der Waals surface area contributed by atoms with Gasteiger partial charge in [-0.1, -0.05) is 121 Å². The van der Waals surface area contributed by atoms with Crippen LogP contribution in [0.4, 0.5) is 0 Å². The molecule has 2 nitrogen and oxygen atoms in total. The topological polar surface area (TPSA) is 29.1 Å². The number of benzene rings is 5. The van der Waals surface area contributed by atoms with Crippen molar-refractivity contribution in [1.82, 2.24) is 5.32 Å². The smallest absolute Gasteiger partial charge is 0.251 e. The Morgan fingerprint density at radius 3 is 1.95 bits per heavy atom. The average molecular weight is 515 g/mol. The number of hydrogen-bond acceptors (Lipinski definition) is 1. The number of amides is 1. The first-order chi connectivity index (χ1) is 18.7. The molecule has 1 N–H and O–H groups in total. The fraction of sp³-hybridized carbons (Fsp3) is 0.0857. The molecule has 187 valence electrons. The third-order valence-electron chi connectivity index (χ3n) is 6.73. The number of halogens is 1. The minimum absolute atomic E-state index is 0.0726. The highest BCUT2D eigenvalue weighted by atomic mass is 35.5. The molecule has 0 fully saturated rings. The summed E-state index contributed by atoms with van der Waals surface area (Å²) in [6.07, 6.45) is 3.05. The third-order valence-corrected chi connectivity index (χ3v) is 6.98. The van der Waals surface area contributed by atoms with Crippen LogP contribution < -0.4 is 5.32 Å². The second kappa shape index (κ2) is 12.4. The molecule has 1 radical (unpaired) electrons. The highest BCUT2D eigenvalue weighted by Gasteiger charge is 2.16. The summed E-state index contributed by atoms with van der Waals surface area (Å²) < 4.78 is 0. The van der Waals surface area contributed by atoms with Crippen molar-refractivity contribution in [2.75, 3.05) is 6.54 Å². The zero-order valence-electron chi connectivity index (χ0n) is 21.1. The molecule has 0 aliphatic rings. The van der Waals surface area contributed by atoms with Crippen LogP contribution in [0.25, 0.3) is 11.1 Å². The van der Waals surface area contributed by atoms with Crippen LogP contribution in [0.15, 0.2) is 133 Å². The summed E-state index contributed by atoms with van der Waals surface area (Å²) in [4.78, 5) is 13.2. The van der Waals surface area contributed by atoms with Crippen LogP contribution in [0.2, 0.25) is 5.02 Å². The first kappa shape index (κ1) is 25.5. The Balaban J connectivity index is 1.25. The molecule has 0 bridgehead atoms. The van der Waals surface area contributed by atoms with E-state index in [1.54, 1.807) is 0 Å². The van der Waals surface area contributed by atoms with Gasteiger partial charge in [0.25, 0.3) is 5.91 Å². The lowest BCUT2D eigenvalue weighted by atomic mass is 9.91. The van der Waals surface area contributed by atoms with E-state index in [9.17, 15) is 4.79 Å². The molecular formula is C35H29ClNO. The molecule has 3 heteroatoms. The molecule has 5 aromatic rings. The molecule has 0 saturated heterocycles. The molecule has 0 aliphatic carbocycles. The molecule has 0 heterocycles. The van der Waals surface area contributed by atoms with E-state index in [-0.39, 0.29) is 11.8 Å². The highest BCUT2D eigenvalue weighted by molar-refractivity contribution is 6.30. The predicted molar refractivity (Wildman–Crippen MR) is 157 cm³/mol. The number of carbonyl (C=O) groups excluding carboxylic acids is 1. The quantitative estimate of drug-likeness (QED) is 0.210. The Hall–Kier alpha value is -4.14. The van der Waals surface area contributed by atoms with Gasteiger partial charge in [0.15, 0.2) is 0 Å². The van der Waals surface area contributed by atoms with Crippen LogP contribution in [0.1, 0.15) is 38.5 Å². The van der Waals surface area contributed by atoms with Gasteiger partial charge in [-0.15, -0.1) is 0 Å². The second-order valence-corrected chi connectivity index (χ2v) is 9.76. The summed E-state index contributed by atoms with van der Waals surface area (Å²) in [6.45, 7) is 0.523. The van der Waals surface area contributed by atoms with Gasteiger partial charge in [0.1, 0.15) is 0 Å². The van der Waals surface area contributed by atoms with E-state index in [2.05, 4.69) is 60.3 Å². The van der Waals surface area contributed by atoms with Crippen LogP contribution in [-0.2, 0) is 6.42 Å². The molecule has 0 atom stereocenters. The van der Waals surface area contributed by atoms with E-state index in [0.717, 1.165) is 28.1 Å². The van der Waals surface area contributed by atoms with Gasteiger partial charge in [-0.3, -0.25) is 4.79 Å². The van der Waals surface area contributed by atoms with Crippen LogP contribution in [0, 0.1) is 6.42 Å². The fourth-order valence-corrected chi connectivity index (χ4v) is 4.73. The van der Waals surface area contributed by atoms with Gasteiger partial charge in [-0.2, -0.15) is 0 Å². The minimum Gasteiger partial charge on any atom is -0.351 e. The lowest BCUT2D eigenvalue weighted by molar-refractivity contribution is 0.0952. The molecule has 0 unspecified atom stereocenters. The van der Waals surface area contributed by atoms with E-state index in [4.69, 9.17) is 11.6 Å². The van der Waals surface area contributed by atoms with E-state index in [1.807, 2.05) is 84.9 Å². The first-order valence-electron chi connectivity index (χ1n) is 12.8. The van der Waals surface area contributed by atoms with Crippen molar-refractivity contribution in [3.05, 3.63) is 173 Å². The highest BCUT2D eigenvalue weighted by Crippen LogP contribution is 2.25. The lowest BCUT2D eigenvalue weighted by Gasteiger charge is -2.19. The van der Waals surface area contributed by atoms with Crippen LogP contribution in [0.3, 0.4) is 0 Å². The fourth-order valence-electron chi connectivity index (χ4n) is 4.60. The number of rotatable bonds is 9. The minimum atomic E-state index is -0.0726. The summed E-state index contributed by atoms with van der Waals surface area (Å²) in [5.41, 5.74) is 7.49. The lowest BCUT2D eigenvalue weighted by Crippen LogP contribution is -2.29. The van der Waals surface area contributed by atoms with Gasteiger partial charge in [0.05, 0.1) is 0 Å². The number of hydrogen-bond donors (Lipinski definition) is 1. The zero-order valence-corrected chi connectivity index (χ0v) is 21.8. The average Bonchev–Trinajstić information content (AvgIpc) is 2.98. The molecule has 1 amide bonds. The maximum absolute atomic E-state index is 13.2. The predicted octanol–water partition coefficient (Wildman–Crippen LogP) is 8.36. The maximum atomic E-state index is 13.2. The normalized spacial score (nSPS) is 10.9. The van der Waals surface area contributed by atoms with Gasteiger partial charge in [-0.25, -0.2) is 0 Å². The van der Waals surface area contributed by atoms with E-state index < -0.39 is 0 Å². The maximum Gasteiger partial charge on any atom is 0.251 e. The summed E-state index contributed by atoms with van der Waals surface area (Å²) in [6, 6.07) is 44.8. The van der Waals surface area contributed by atoms with Crippen molar-refractivity contribution in [3.8, 4) is 11.1 Å². The Kier molecular flexibility index (Phi) is 8.32. The van der Waals surface area contributed by atoms with E-state index in [1.165, 1.54) is 16.7 Å². The Morgan fingerprint density at radius 2 is 1.32 bits per heavy atom. The van der Waals surface area contributed by atoms with Crippen molar-refractivity contribution >= 4 is 17.5 Å². The Labute approximate surface area is 229 Å². The molecule has 0 aromatic heterocycles. The molecule has 0 saturated carbocycles. The molecule has 38 heavy (non-hydrogen) atoms. The van der Waals surface area contributed by atoms with E-state index >= 15 is 0 Å². The first-order valence-corrected chi connectivity index (χ1v) is 13.2. The van der Waals surface area contributed by atoms with Gasteiger partial charge < -0.3 is 5.32 Å². The van der Waals surface area contributed by atoms with Crippen molar-refractivity contribution in [2.45, 2.75) is 12.3 Å². The van der Waals surface area contributed by atoms with Crippen LogP contribution in [0.5, 0.6) is 0 Å². The Morgan fingerprint density at radius 1 is 0.684 bits per heavy atom. The SMILES string of the molecule is O=C(NCC(c1ccccc1)c1ccccc1)c1cccc(-c2ccc([CH]Cc3ccc(Cl)cc3)cc2)c1. The summed E-state index contributed by atoms with van der Waals surface area (Å²) in [7, 11) is 0. The molecule has 0 aliphatic heterocycles. The van der Waals surface area contributed by atoms with Gasteiger partial charge in [0.2, 0.25) is 0 Å². The zero-order chi connectivity index (χ0) is 26.2. The summed E-state index contributed by atoms with van der Waals surface area (Å²) in [5.74, 6) is 0.0119. The third kappa shape index (κ3) is 6.59. The number of nitrogens with one attached hydrogen (secondary N) is 1. The molecule has 5 rings (SSSR count). The van der Waals surface area contributed by atoms with Gasteiger partial charge >= 0.3 is 0 Å². The standard InChI is InChI=1S/C35H29ClNO/c36-33-22-18-27(19-23-33)15-14-26-16-20-28(21-17-26)31-12-7-13-32(24-31)35(38)37-25-34(29-8-3-1-4-9-29)30-10-5-2-6-11-30/h1-14,16-24,34H,15,25H2,(H,37,38). The second-order valence-electron chi connectivity index (χ2n) is 9.32. The molecular weight excluding hydrogens is 486 g/mol. The van der Waals surface area contributed by atoms with Crippen LogP contribution >= 0.6 is 11.6 Å². The van der Waals surface area contributed by atoms with Crippen molar-refractivity contribution < 1.29 is 4.79 Å². The van der Waals surface area contributed by atoms with Crippen LogP contribution in [-0.4, -0.2) is 12.5 Å². The summed E-state index contributed by atoms with van der Waals surface area (Å²) >= 11 is 5.98. The van der Waals surface area contributed by atoms with Crippen molar-refractivity contribution in [3.63, 3.8) is 0 Å². The van der Waals surface area contributed by atoms with Crippen molar-refractivity contribution in [1.29, 1.82) is 0 Å². The molecule has 0 spiro atoms. The van der Waals surface area contributed by atoms with Crippen molar-refractivity contribution in [2.24, 2.45) is 0 Å². The van der Waals surface area contributed by atoms with E-state index in [0.29, 0.717) is 12.1 Å². The van der Waals surface area contributed by atoms with Gasteiger partial charge in [0, 0.05) is 23.0 Å². The monoisotopic (exact) mass is 514 g/mol.